The fraction of sp³-hybridized carbons (Fsp3) is 0.667. The third kappa shape index (κ3) is 2.43. The van der Waals surface area contributed by atoms with Crippen molar-refractivity contribution in [2.75, 3.05) is 12.3 Å². The maximum Gasteiger partial charge on any atom is 0.221 e. The van der Waals surface area contributed by atoms with E-state index in [9.17, 15) is 0 Å². The van der Waals surface area contributed by atoms with Crippen molar-refractivity contribution in [3.63, 3.8) is 0 Å². The minimum absolute atomic E-state index is 0.522. The van der Waals surface area contributed by atoms with Crippen LogP contribution in [0.15, 0.2) is 0 Å². The average molecular weight is 221 g/mol. The van der Waals surface area contributed by atoms with Gasteiger partial charge in [0, 0.05) is 0 Å². The summed E-state index contributed by atoms with van der Waals surface area (Å²) in [6.07, 6.45) is 5.22. The van der Waals surface area contributed by atoms with E-state index < -0.39 is 0 Å². The summed E-state index contributed by atoms with van der Waals surface area (Å²) in [5.74, 6) is 2.53. The second-order valence-corrected chi connectivity index (χ2v) is 4.55. The first-order valence-corrected chi connectivity index (χ1v) is 5.90. The van der Waals surface area contributed by atoms with Crippen LogP contribution in [0.4, 0.5) is 5.82 Å². The highest BCUT2D eigenvalue weighted by Crippen LogP contribution is 2.26. The molecular weight excluding hydrogens is 202 g/mol. The molecule has 1 aromatic heterocycles. The topological polar surface area (TPSA) is 61.0 Å². The van der Waals surface area contributed by atoms with E-state index in [-0.39, 0.29) is 0 Å². The van der Waals surface area contributed by atoms with Crippen LogP contribution in [-0.4, -0.2) is 16.6 Å². The molecule has 1 aromatic rings. The Hall–Kier alpha value is -1.32. The van der Waals surface area contributed by atoms with Gasteiger partial charge in [0.1, 0.15) is 11.6 Å². The lowest BCUT2D eigenvalue weighted by atomic mass is 10.1. The quantitative estimate of drug-likeness (QED) is 0.850. The predicted molar refractivity (Wildman–Crippen MR) is 63.4 cm³/mol. The molecule has 0 aromatic carbocycles. The van der Waals surface area contributed by atoms with Crippen LogP contribution in [0.1, 0.15) is 37.1 Å². The highest BCUT2D eigenvalue weighted by molar-refractivity contribution is 5.44. The van der Waals surface area contributed by atoms with E-state index in [4.69, 9.17) is 10.5 Å². The maximum atomic E-state index is 5.77. The van der Waals surface area contributed by atoms with Crippen LogP contribution >= 0.6 is 0 Å². The molecule has 0 aliphatic heterocycles. The summed E-state index contributed by atoms with van der Waals surface area (Å²) >= 11 is 0. The Labute approximate surface area is 96.2 Å². The first kappa shape index (κ1) is 11.2. The minimum Gasteiger partial charge on any atom is -0.477 e. The Morgan fingerprint density at radius 1 is 1.25 bits per heavy atom. The van der Waals surface area contributed by atoms with E-state index in [1.807, 2.05) is 13.8 Å². The Kier molecular flexibility index (Phi) is 3.27. The number of hydrogen-bond acceptors (Lipinski definition) is 4. The molecule has 88 valence electrons. The highest BCUT2D eigenvalue weighted by atomic mass is 16.5. The molecule has 0 radical (unpaired) electrons. The summed E-state index contributed by atoms with van der Waals surface area (Å²) in [6.45, 7) is 4.49. The fourth-order valence-corrected chi connectivity index (χ4v) is 2.14. The van der Waals surface area contributed by atoms with Gasteiger partial charge in [-0.3, -0.25) is 0 Å². The third-order valence-corrected chi connectivity index (χ3v) is 3.18. The van der Waals surface area contributed by atoms with Crippen molar-refractivity contribution in [3.05, 3.63) is 11.4 Å². The molecule has 1 aliphatic rings. The van der Waals surface area contributed by atoms with Crippen LogP contribution in [0.3, 0.4) is 0 Å². The molecule has 1 saturated carbocycles. The highest BCUT2D eigenvalue weighted by Gasteiger charge is 2.17. The fourth-order valence-electron chi connectivity index (χ4n) is 2.14. The number of aromatic nitrogens is 2. The van der Waals surface area contributed by atoms with Crippen molar-refractivity contribution in [3.8, 4) is 5.88 Å². The Balaban J connectivity index is 2.02. The number of nitrogen functional groups attached to an aromatic ring is 1. The van der Waals surface area contributed by atoms with Gasteiger partial charge in [-0.05, 0) is 32.6 Å². The first-order chi connectivity index (χ1) is 7.66. The summed E-state index contributed by atoms with van der Waals surface area (Å²) in [4.78, 5) is 8.38. The lowest BCUT2D eigenvalue weighted by Crippen LogP contribution is -2.11. The van der Waals surface area contributed by atoms with Crippen LogP contribution in [0.2, 0.25) is 0 Å². The first-order valence-electron chi connectivity index (χ1n) is 5.90. The van der Waals surface area contributed by atoms with Crippen molar-refractivity contribution in [1.29, 1.82) is 0 Å². The zero-order valence-electron chi connectivity index (χ0n) is 9.99. The molecule has 1 aliphatic carbocycles. The van der Waals surface area contributed by atoms with Gasteiger partial charge in [-0.15, -0.1) is 0 Å². The molecule has 4 heteroatoms. The molecule has 4 nitrogen and oxygen atoms in total. The number of anilines is 1. The van der Waals surface area contributed by atoms with Crippen LogP contribution in [0, 0.1) is 19.8 Å². The van der Waals surface area contributed by atoms with E-state index in [1.165, 1.54) is 25.7 Å². The second-order valence-electron chi connectivity index (χ2n) is 4.55. The van der Waals surface area contributed by atoms with Crippen molar-refractivity contribution in [2.24, 2.45) is 5.92 Å². The molecule has 0 bridgehead atoms. The molecule has 0 saturated heterocycles. The normalized spacial score (nSPS) is 16.6. The smallest absolute Gasteiger partial charge is 0.221 e. The van der Waals surface area contributed by atoms with Gasteiger partial charge in [0.15, 0.2) is 0 Å². The van der Waals surface area contributed by atoms with Gasteiger partial charge in [0.25, 0.3) is 0 Å². The second kappa shape index (κ2) is 4.68. The largest absolute Gasteiger partial charge is 0.477 e. The molecule has 2 N–H and O–H groups in total. The maximum absolute atomic E-state index is 5.77. The number of hydrogen-bond donors (Lipinski definition) is 1. The predicted octanol–water partition coefficient (Wildman–Crippen LogP) is 2.24. The number of nitrogens with zero attached hydrogens (tertiary/aromatic N) is 2. The summed E-state index contributed by atoms with van der Waals surface area (Å²) in [5, 5.41) is 0. The van der Waals surface area contributed by atoms with Gasteiger partial charge in [-0.25, -0.2) is 4.98 Å². The van der Waals surface area contributed by atoms with E-state index in [0.29, 0.717) is 23.4 Å². The summed E-state index contributed by atoms with van der Waals surface area (Å²) < 4.78 is 5.75. The molecule has 0 amide bonds. The molecule has 1 heterocycles. The number of ether oxygens (including phenoxy) is 1. The average Bonchev–Trinajstić information content (AvgIpc) is 2.74. The van der Waals surface area contributed by atoms with Crippen LogP contribution in [0.25, 0.3) is 0 Å². The molecule has 1 fully saturated rings. The van der Waals surface area contributed by atoms with Crippen molar-refractivity contribution in [2.45, 2.75) is 39.5 Å². The van der Waals surface area contributed by atoms with Gasteiger partial charge in [0.05, 0.1) is 12.2 Å². The lowest BCUT2D eigenvalue weighted by Gasteiger charge is -2.13. The van der Waals surface area contributed by atoms with Crippen LogP contribution in [0.5, 0.6) is 5.88 Å². The third-order valence-electron chi connectivity index (χ3n) is 3.18. The zero-order chi connectivity index (χ0) is 11.5. The lowest BCUT2D eigenvalue weighted by molar-refractivity contribution is 0.241. The van der Waals surface area contributed by atoms with Gasteiger partial charge >= 0.3 is 0 Å². The van der Waals surface area contributed by atoms with Gasteiger partial charge < -0.3 is 10.5 Å². The molecule has 0 unspecified atom stereocenters. The van der Waals surface area contributed by atoms with Gasteiger partial charge in [0.2, 0.25) is 5.88 Å². The van der Waals surface area contributed by atoms with Crippen molar-refractivity contribution in [1.82, 2.24) is 9.97 Å². The monoisotopic (exact) mass is 221 g/mol. The summed E-state index contributed by atoms with van der Waals surface area (Å²) in [6, 6.07) is 0. The van der Waals surface area contributed by atoms with Gasteiger partial charge in [-0.2, -0.15) is 4.98 Å². The summed E-state index contributed by atoms with van der Waals surface area (Å²) in [5.41, 5.74) is 6.62. The van der Waals surface area contributed by atoms with E-state index in [1.54, 1.807) is 0 Å². The van der Waals surface area contributed by atoms with Crippen LogP contribution in [-0.2, 0) is 0 Å². The molecule has 0 atom stereocenters. The van der Waals surface area contributed by atoms with Gasteiger partial charge in [-0.1, -0.05) is 12.8 Å². The molecule has 2 rings (SSSR count). The van der Waals surface area contributed by atoms with Crippen molar-refractivity contribution < 1.29 is 4.74 Å². The molecular formula is C12H19N3O. The zero-order valence-corrected chi connectivity index (χ0v) is 9.99. The number of aryl methyl sites for hydroxylation is 1. The summed E-state index contributed by atoms with van der Waals surface area (Å²) in [7, 11) is 0. The number of nitrogens with two attached hydrogens (primary N) is 1. The SMILES string of the molecule is Cc1nc(N)c(C)c(OCC2CCCC2)n1. The molecule has 16 heavy (non-hydrogen) atoms. The van der Waals surface area contributed by atoms with E-state index >= 15 is 0 Å². The van der Waals surface area contributed by atoms with Crippen molar-refractivity contribution >= 4 is 5.82 Å². The minimum atomic E-state index is 0.522. The standard InChI is InChI=1S/C12H19N3O/c1-8-11(13)14-9(2)15-12(8)16-7-10-5-3-4-6-10/h10H,3-7H2,1-2H3,(H2,13,14,15). The van der Waals surface area contributed by atoms with E-state index in [0.717, 1.165) is 12.2 Å². The number of rotatable bonds is 3. The Morgan fingerprint density at radius 2 is 1.94 bits per heavy atom. The van der Waals surface area contributed by atoms with Crippen LogP contribution < -0.4 is 10.5 Å². The Morgan fingerprint density at radius 3 is 2.62 bits per heavy atom. The Bertz CT molecular complexity index is 373. The molecule has 0 spiro atoms. The van der Waals surface area contributed by atoms with E-state index in [2.05, 4.69) is 9.97 Å².